The lowest BCUT2D eigenvalue weighted by atomic mass is 10.2. The maximum absolute atomic E-state index is 5.46. The number of nitrogens with one attached hydrogen (secondary N) is 1. The molecular weight excluding hydrogens is 368 g/mol. The summed E-state index contributed by atoms with van der Waals surface area (Å²) in [6.45, 7) is 4.52. The van der Waals surface area contributed by atoms with Crippen molar-refractivity contribution in [1.82, 2.24) is 9.97 Å². The van der Waals surface area contributed by atoms with Crippen LogP contribution in [-0.4, -0.2) is 22.8 Å². The molecule has 2 heterocycles. The van der Waals surface area contributed by atoms with Gasteiger partial charge in [0.05, 0.1) is 18.2 Å². The van der Waals surface area contributed by atoms with Gasteiger partial charge in [0.15, 0.2) is 5.82 Å². The lowest BCUT2D eigenvalue weighted by Gasteiger charge is -2.03. The molecule has 0 fully saturated rings. The summed E-state index contributed by atoms with van der Waals surface area (Å²) in [5.74, 6) is 2.28. The molecule has 0 atom stereocenters. The van der Waals surface area contributed by atoms with Crippen LogP contribution in [-0.2, 0) is 0 Å². The summed E-state index contributed by atoms with van der Waals surface area (Å²) in [4.78, 5) is 11.2. The third-order valence-corrected chi connectivity index (χ3v) is 5.22. The zero-order valence-corrected chi connectivity index (χ0v) is 16.5. The minimum atomic E-state index is 0.656. The smallest absolute Gasteiger partial charge is 0.158 e. The van der Waals surface area contributed by atoms with Crippen LogP contribution in [0.15, 0.2) is 65.8 Å². The molecule has 28 heavy (non-hydrogen) atoms. The fraction of sp³-hybridized carbons (Fsp3) is 0.136. The van der Waals surface area contributed by atoms with E-state index in [2.05, 4.69) is 38.7 Å². The number of aromatic nitrogens is 2. The molecule has 0 aliphatic rings. The Bertz CT molecular complexity index is 1100. The van der Waals surface area contributed by atoms with Gasteiger partial charge in [-0.15, -0.1) is 11.3 Å². The molecule has 5 nitrogen and oxygen atoms in total. The van der Waals surface area contributed by atoms with E-state index in [4.69, 9.17) is 4.74 Å². The standard InChI is InChI=1S/C22H20N4OS/c1-3-27-18-11-9-16(10-12-18)14-23-26-21-19-13-20(17-7-5-4-6-8-17)28-22(19)25-15(2)24-21/h4-14H,3H2,1-2H3,(H,24,25,26)/b23-14-. The van der Waals surface area contributed by atoms with Crippen molar-refractivity contribution >= 4 is 33.6 Å². The molecule has 0 aliphatic heterocycles. The Hall–Kier alpha value is -3.25. The average Bonchev–Trinajstić information content (AvgIpc) is 3.14. The normalized spacial score (nSPS) is 11.2. The second-order valence-electron chi connectivity index (χ2n) is 6.19. The van der Waals surface area contributed by atoms with Gasteiger partial charge in [-0.25, -0.2) is 9.97 Å². The van der Waals surface area contributed by atoms with E-state index < -0.39 is 0 Å². The van der Waals surface area contributed by atoms with Crippen molar-refractivity contribution in [2.45, 2.75) is 13.8 Å². The van der Waals surface area contributed by atoms with Crippen molar-refractivity contribution in [2.24, 2.45) is 5.10 Å². The number of nitrogens with zero attached hydrogens (tertiary/aromatic N) is 3. The van der Waals surface area contributed by atoms with Crippen LogP contribution in [0.5, 0.6) is 5.75 Å². The van der Waals surface area contributed by atoms with Gasteiger partial charge >= 0.3 is 0 Å². The van der Waals surface area contributed by atoms with Crippen LogP contribution in [0, 0.1) is 6.92 Å². The van der Waals surface area contributed by atoms with Crippen LogP contribution in [0.3, 0.4) is 0 Å². The molecule has 0 unspecified atom stereocenters. The van der Waals surface area contributed by atoms with E-state index >= 15 is 0 Å². The number of ether oxygens (including phenoxy) is 1. The highest BCUT2D eigenvalue weighted by atomic mass is 32.1. The van der Waals surface area contributed by atoms with Gasteiger partial charge in [0.25, 0.3) is 0 Å². The number of rotatable bonds is 6. The van der Waals surface area contributed by atoms with Crippen molar-refractivity contribution in [1.29, 1.82) is 0 Å². The Balaban J connectivity index is 1.58. The zero-order chi connectivity index (χ0) is 19.3. The van der Waals surface area contributed by atoms with E-state index in [0.717, 1.165) is 26.4 Å². The molecule has 140 valence electrons. The summed E-state index contributed by atoms with van der Waals surface area (Å²) in [5.41, 5.74) is 5.23. The molecule has 1 N–H and O–H groups in total. The summed E-state index contributed by atoms with van der Waals surface area (Å²) >= 11 is 1.66. The second kappa shape index (κ2) is 8.19. The van der Waals surface area contributed by atoms with Crippen molar-refractivity contribution < 1.29 is 4.74 Å². The Kier molecular flexibility index (Phi) is 5.30. The highest BCUT2D eigenvalue weighted by Gasteiger charge is 2.11. The molecule has 4 rings (SSSR count). The summed E-state index contributed by atoms with van der Waals surface area (Å²) in [7, 11) is 0. The van der Waals surface area contributed by atoms with E-state index in [1.54, 1.807) is 17.6 Å². The zero-order valence-electron chi connectivity index (χ0n) is 15.7. The van der Waals surface area contributed by atoms with Crippen LogP contribution in [0.4, 0.5) is 5.82 Å². The van der Waals surface area contributed by atoms with E-state index in [1.807, 2.05) is 56.3 Å². The van der Waals surface area contributed by atoms with Crippen LogP contribution in [0.25, 0.3) is 20.7 Å². The average molecular weight is 388 g/mol. The number of aryl methyl sites for hydroxylation is 1. The number of anilines is 1. The Labute approximate surface area is 167 Å². The molecule has 0 spiro atoms. The minimum Gasteiger partial charge on any atom is -0.494 e. The van der Waals surface area contributed by atoms with E-state index in [0.29, 0.717) is 18.2 Å². The Morgan fingerprint density at radius 2 is 1.86 bits per heavy atom. The molecule has 0 bridgehead atoms. The van der Waals surface area contributed by atoms with Gasteiger partial charge in [0.1, 0.15) is 16.4 Å². The molecule has 0 aliphatic carbocycles. The molecule has 4 aromatic rings. The number of benzene rings is 2. The topological polar surface area (TPSA) is 59.4 Å². The first-order valence-electron chi connectivity index (χ1n) is 9.08. The van der Waals surface area contributed by atoms with Gasteiger partial charge in [0, 0.05) is 4.88 Å². The molecule has 0 amide bonds. The fourth-order valence-corrected chi connectivity index (χ4v) is 3.93. The van der Waals surface area contributed by atoms with Crippen LogP contribution < -0.4 is 10.2 Å². The van der Waals surface area contributed by atoms with Crippen molar-refractivity contribution in [2.75, 3.05) is 12.0 Å². The quantitative estimate of drug-likeness (QED) is 0.349. The van der Waals surface area contributed by atoms with Crippen molar-refractivity contribution in [3.05, 3.63) is 72.1 Å². The first-order chi connectivity index (χ1) is 13.7. The second-order valence-corrected chi connectivity index (χ2v) is 7.22. The summed E-state index contributed by atoms with van der Waals surface area (Å²) in [6.07, 6.45) is 1.77. The number of hydrogen-bond donors (Lipinski definition) is 1. The highest BCUT2D eigenvalue weighted by molar-refractivity contribution is 7.21. The fourth-order valence-electron chi connectivity index (χ4n) is 2.84. The van der Waals surface area contributed by atoms with E-state index in [1.165, 1.54) is 5.56 Å². The highest BCUT2D eigenvalue weighted by Crippen LogP contribution is 2.35. The monoisotopic (exact) mass is 388 g/mol. The predicted octanol–water partition coefficient (Wildman–Crippen LogP) is 5.51. The van der Waals surface area contributed by atoms with Crippen molar-refractivity contribution in [3.8, 4) is 16.2 Å². The molecule has 2 aromatic heterocycles. The SMILES string of the molecule is CCOc1ccc(/C=N\Nc2nc(C)nc3sc(-c4ccccc4)cc23)cc1. The van der Waals surface area contributed by atoms with E-state index in [9.17, 15) is 0 Å². The molecule has 6 heteroatoms. The maximum Gasteiger partial charge on any atom is 0.158 e. The van der Waals surface area contributed by atoms with Gasteiger partial charge in [0.2, 0.25) is 0 Å². The molecule has 0 radical (unpaired) electrons. The first kappa shape index (κ1) is 18.1. The lowest BCUT2D eigenvalue weighted by Crippen LogP contribution is -1.97. The number of hydrazone groups is 1. The largest absolute Gasteiger partial charge is 0.494 e. The number of fused-ring (bicyclic) bond motifs is 1. The van der Waals surface area contributed by atoms with Gasteiger partial charge in [-0.05, 0) is 55.3 Å². The Morgan fingerprint density at radius 3 is 2.61 bits per heavy atom. The maximum atomic E-state index is 5.46. The summed E-state index contributed by atoms with van der Waals surface area (Å²) < 4.78 is 5.46. The minimum absolute atomic E-state index is 0.656. The third kappa shape index (κ3) is 4.02. The molecule has 0 saturated carbocycles. The van der Waals surface area contributed by atoms with Crippen LogP contribution in [0.1, 0.15) is 18.3 Å². The molecule has 2 aromatic carbocycles. The number of thiophene rings is 1. The summed E-state index contributed by atoms with van der Waals surface area (Å²) in [6, 6.07) is 20.2. The predicted molar refractivity (Wildman–Crippen MR) is 116 cm³/mol. The Morgan fingerprint density at radius 1 is 1.07 bits per heavy atom. The lowest BCUT2D eigenvalue weighted by molar-refractivity contribution is 0.340. The van der Waals surface area contributed by atoms with Gasteiger partial charge in [-0.3, -0.25) is 5.43 Å². The molecule has 0 saturated heterocycles. The summed E-state index contributed by atoms with van der Waals surface area (Å²) in [5, 5.41) is 5.33. The van der Waals surface area contributed by atoms with Gasteiger partial charge in [-0.2, -0.15) is 5.10 Å². The third-order valence-electron chi connectivity index (χ3n) is 4.14. The van der Waals surface area contributed by atoms with Crippen LogP contribution in [0.2, 0.25) is 0 Å². The van der Waals surface area contributed by atoms with Gasteiger partial charge < -0.3 is 4.74 Å². The van der Waals surface area contributed by atoms with E-state index in [-0.39, 0.29) is 0 Å². The van der Waals surface area contributed by atoms with Crippen molar-refractivity contribution in [3.63, 3.8) is 0 Å². The number of hydrogen-bond acceptors (Lipinski definition) is 6. The van der Waals surface area contributed by atoms with Crippen LogP contribution >= 0.6 is 11.3 Å². The first-order valence-corrected chi connectivity index (χ1v) is 9.90. The molecular formula is C22H20N4OS. The van der Waals surface area contributed by atoms with Gasteiger partial charge in [-0.1, -0.05) is 30.3 Å².